The number of fused-ring (bicyclic) bond motifs is 8. The fourth-order valence-electron chi connectivity index (χ4n) is 18.9. The number of aliphatic hydroxyl groups excluding tert-OH is 1. The van der Waals surface area contributed by atoms with Crippen LogP contribution in [-0.4, -0.2) is 64.6 Å². The predicted molar refractivity (Wildman–Crippen MR) is 239 cm³/mol. The summed E-state index contributed by atoms with van der Waals surface area (Å²) in [5.74, 6) is 2.64. The minimum Gasteiger partial charge on any atom is -0.508 e. The Bertz CT molecular complexity index is 2490. The van der Waals surface area contributed by atoms with E-state index in [1.54, 1.807) is 11.3 Å². The van der Waals surface area contributed by atoms with E-state index in [0.29, 0.717) is 72.4 Å². The van der Waals surface area contributed by atoms with E-state index >= 15 is 4.79 Å². The maximum Gasteiger partial charge on any atom is 0.339 e. The third kappa shape index (κ3) is 4.48. The van der Waals surface area contributed by atoms with Crippen molar-refractivity contribution in [3.8, 4) is 0 Å². The van der Waals surface area contributed by atoms with Gasteiger partial charge in [-0.2, -0.15) is 0 Å². The molecule has 3 spiro atoms. The van der Waals surface area contributed by atoms with Gasteiger partial charge in [-0.25, -0.2) is 4.79 Å². The molecule has 15 unspecified atom stereocenters. The number of allylic oxidation sites excluding steroid dienone is 2. The lowest BCUT2D eigenvalue weighted by Gasteiger charge is -2.72. The van der Waals surface area contributed by atoms with E-state index in [2.05, 4.69) is 66.1 Å². The summed E-state index contributed by atoms with van der Waals surface area (Å²) >= 11 is 0. The van der Waals surface area contributed by atoms with Gasteiger partial charge in [0.05, 0.1) is 11.0 Å². The Kier molecular flexibility index (Phi) is 8.01. The zero-order valence-corrected chi connectivity index (χ0v) is 37.4. The van der Waals surface area contributed by atoms with Crippen LogP contribution in [0.1, 0.15) is 130 Å². The van der Waals surface area contributed by atoms with E-state index in [9.17, 15) is 9.90 Å². The van der Waals surface area contributed by atoms with E-state index in [1.807, 2.05) is 0 Å². The summed E-state index contributed by atoms with van der Waals surface area (Å²) in [5, 5.41) is 13.4. The number of nitrogens with two attached hydrogens (primary N) is 1. The van der Waals surface area contributed by atoms with Gasteiger partial charge in [0, 0.05) is 60.2 Å². The van der Waals surface area contributed by atoms with Crippen LogP contribution in [0.2, 0.25) is 0 Å². The molecule has 8 aliphatic heterocycles. The van der Waals surface area contributed by atoms with Crippen LogP contribution in [0.25, 0.3) is 0 Å². The summed E-state index contributed by atoms with van der Waals surface area (Å²) in [6.07, 6.45) is 15.2. The molecule has 14 bridgehead atoms. The van der Waals surface area contributed by atoms with Crippen LogP contribution >= 0.6 is 0 Å². The van der Waals surface area contributed by atoms with E-state index in [-0.39, 0.29) is 41.5 Å². The number of hydrogen-bond donors (Lipinski definition) is 2. The molecule has 0 amide bonds. The minimum absolute atomic E-state index is 0.105. The van der Waals surface area contributed by atoms with Crippen molar-refractivity contribution < 1.29 is 24.2 Å². The highest BCUT2D eigenvalue weighted by Gasteiger charge is 2.93. The second-order valence-electron chi connectivity index (χ2n) is 22.9. The SMILES string of the molecule is CC1CC2=C3C4C5=C6CC(Cc7cccc(c7)CCCCC7C68C(=O)OC(=C(O)C6CCC9C%10CC(CN9C6C)C(CC2)N3C%10)C8(CC5)C72OC(=O)c3c(CCCN)cccc32)C14. The van der Waals surface area contributed by atoms with Crippen molar-refractivity contribution in [2.24, 2.45) is 63.9 Å². The van der Waals surface area contributed by atoms with Crippen molar-refractivity contribution in [1.82, 2.24) is 9.80 Å². The predicted octanol–water partition coefficient (Wildman–Crippen LogP) is 9.08. The molecule has 330 valence electrons. The zero-order chi connectivity index (χ0) is 42.3. The van der Waals surface area contributed by atoms with E-state index < -0.39 is 16.4 Å². The average molecular weight is 848 g/mol. The monoisotopic (exact) mass is 847 g/mol. The highest BCUT2D eigenvalue weighted by molar-refractivity contribution is 6.00. The Morgan fingerprint density at radius 3 is 2.63 bits per heavy atom. The number of hydrogen-bond acceptors (Lipinski definition) is 8. The number of carbonyl (C=O) groups excluding carboxylic acids is 2. The van der Waals surface area contributed by atoms with Gasteiger partial charge in [0.15, 0.2) is 11.4 Å². The van der Waals surface area contributed by atoms with Crippen LogP contribution in [0, 0.1) is 58.2 Å². The molecule has 1 saturated carbocycles. The number of carbonyl (C=O) groups is 2. The number of nitrogens with zero attached hydrogens (tertiary/aromatic N) is 2. The van der Waals surface area contributed by atoms with Gasteiger partial charge in [-0.05, 0) is 156 Å². The smallest absolute Gasteiger partial charge is 0.339 e. The van der Waals surface area contributed by atoms with Crippen molar-refractivity contribution in [3.63, 3.8) is 0 Å². The quantitative estimate of drug-likeness (QED) is 0.233. The fraction of sp³-hybridized carbons (Fsp3) is 0.636. The summed E-state index contributed by atoms with van der Waals surface area (Å²) in [6, 6.07) is 16.9. The molecule has 0 radical (unpaired) electrons. The Morgan fingerprint density at radius 2 is 1.75 bits per heavy atom. The molecule has 8 nitrogen and oxygen atoms in total. The van der Waals surface area contributed by atoms with Crippen molar-refractivity contribution in [2.45, 2.75) is 140 Å². The number of aryl methyl sites for hydroxylation is 2. The topological polar surface area (TPSA) is 105 Å². The Morgan fingerprint density at radius 1 is 0.889 bits per heavy atom. The molecule has 2 aromatic rings. The number of benzene rings is 2. The lowest BCUT2D eigenvalue weighted by atomic mass is 9.28. The van der Waals surface area contributed by atoms with E-state index in [1.165, 1.54) is 48.0 Å². The molecule has 63 heavy (non-hydrogen) atoms. The highest BCUT2D eigenvalue weighted by Crippen LogP contribution is 2.87. The van der Waals surface area contributed by atoms with Crippen LogP contribution in [0.3, 0.4) is 0 Å². The Hall–Kier alpha value is -3.88. The van der Waals surface area contributed by atoms with Gasteiger partial charge in [0.2, 0.25) is 0 Å². The number of aliphatic hydroxyl groups is 1. The first-order valence-electron chi connectivity index (χ1n) is 25.5. The van der Waals surface area contributed by atoms with Crippen LogP contribution in [-0.2, 0) is 39.1 Å². The summed E-state index contributed by atoms with van der Waals surface area (Å²) in [4.78, 5) is 36.9. The average Bonchev–Trinajstić information content (AvgIpc) is 3.74. The summed E-state index contributed by atoms with van der Waals surface area (Å²) in [6.45, 7) is 7.67. The molecule has 8 heteroatoms. The van der Waals surface area contributed by atoms with Gasteiger partial charge in [0.25, 0.3) is 0 Å². The van der Waals surface area contributed by atoms with E-state index in [4.69, 9.17) is 15.2 Å². The maximum atomic E-state index is 16.2. The van der Waals surface area contributed by atoms with Crippen LogP contribution in [0.4, 0.5) is 0 Å². The largest absolute Gasteiger partial charge is 0.508 e. The Labute approximate surface area is 372 Å². The van der Waals surface area contributed by atoms with Gasteiger partial charge < -0.3 is 25.2 Å². The van der Waals surface area contributed by atoms with Gasteiger partial charge in [0.1, 0.15) is 11.2 Å². The molecule has 8 heterocycles. The summed E-state index contributed by atoms with van der Waals surface area (Å²) in [7, 11) is 0. The van der Waals surface area contributed by atoms with Crippen LogP contribution in [0.5, 0.6) is 0 Å². The van der Waals surface area contributed by atoms with Crippen molar-refractivity contribution in [2.75, 3.05) is 19.6 Å². The molecular weight excluding hydrogens is 783 g/mol. The number of esters is 2. The lowest BCUT2D eigenvalue weighted by molar-refractivity contribution is -0.279. The summed E-state index contributed by atoms with van der Waals surface area (Å²) < 4.78 is 14.3. The molecule has 15 atom stereocenters. The molecule has 0 aromatic heterocycles. The summed E-state index contributed by atoms with van der Waals surface area (Å²) in [5.41, 5.74) is 14.5. The van der Waals surface area contributed by atoms with Gasteiger partial charge in [-0.3, -0.25) is 9.69 Å². The zero-order valence-electron chi connectivity index (χ0n) is 37.4. The normalized spacial score (nSPS) is 44.6. The molecule has 5 fully saturated rings. The van der Waals surface area contributed by atoms with Crippen LogP contribution < -0.4 is 5.73 Å². The third-order valence-corrected chi connectivity index (χ3v) is 20.8. The van der Waals surface area contributed by atoms with Gasteiger partial charge in [-0.1, -0.05) is 72.5 Å². The standard InChI is InChI=1S/C55H65N3O5/c1-29-22-34-15-17-43-36-25-37-28-58(43)48(34)47-39-19-20-53-50(49(59)38-16-18-42(37)57(27-36)30(38)2)62-52(61)54(53)41(39)26-35(45(29)47)24-32-10-5-9-31(23-32)8-3-4-14-44(54)55(53)40-13-6-11-33(12-7-21-56)46(40)51(60)63-55/h5-6,9-11,13,23,29-30,35-38,42-45,47,59H,3-4,7-8,12,14-22,24-28,56H2,1-2H3. The lowest BCUT2D eigenvalue weighted by Crippen LogP contribution is -2.77. The maximum absolute atomic E-state index is 16.2. The van der Waals surface area contributed by atoms with E-state index in [0.717, 1.165) is 88.4 Å². The number of ether oxygens (including phenoxy) is 2. The molecular formula is C55H65N3O5. The molecule has 2 aromatic carbocycles. The first-order chi connectivity index (χ1) is 30.7. The highest BCUT2D eigenvalue weighted by atomic mass is 16.6. The fourth-order valence-corrected chi connectivity index (χ4v) is 18.9. The van der Waals surface area contributed by atoms with Gasteiger partial charge >= 0.3 is 11.9 Å². The van der Waals surface area contributed by atoms with Crippen molar-refractivity contribution >= 4 is 11.9 Å². The Balaban J connectivity index is 1.09. The molecule has 13 aliphatic rings. The molecule has 4 saturated heterocycles. The first kappa shape index (κ1) is 38.4. The molecule has 15 rings (SSSR count). The second-order valence-corrected chi connectivity index (χ2v) is 22.9. The number of rotatable bonds is 3. The minimum atomic E-state index is -1.13. The number of piperidine rings is 3. The first-order valence-corrected chi connectivity index (χ1v) is 25.5. The molecule has 3 N–H and O–H groups in total. The molecule has 5 aliphatic carbocycles. The van der Waals surface area contributed by atoms with Crippen molar-refractivity contribution in [3.05, 3.63) is 104 Å². The van der Waals surface area contributed by atoms with Gasteiger partial charge in [-0.15, -0.1) is 0 Å². The van der Waals surface area contributed by atoms with Crippen LogP contribution in [0.15, 0.2) is 76.4 Å². The third-order valence-electron chi connectivity index (χ3n) is 20.8. The second kappa shape index (κ2) is 13.1. The van der Waals surface area contributed by atoms with Crippen molar-refractivity contribution in [1.29, 1.82) is 0 Å².